The number of nitrogen functional groups attached to an aromatic ring is 1. The molecule has 1 aromatic heterocycles. The summed E-state index contributed by atoms with van der Waals surface area (Å²) in [5.41, 5.74) is 7.66. The average Bonchev–Trinajstić information content (AvgIpc) is 2.85. The third-order valence-corrected chi connectivity index (χ3v) is 6.41. The molecule has 5 rings (SSSR count). The predicted molar refractivity (Wildman–Crippen MR) is 91.4 cm³/mol. The Morgan fingerprint density at radius 3 is 2.82 bits per heavy atom. The Bertz CT molecular complexity index is 731. The van der Waals surface area contributed by atoms with Gasteiger partial charge in [-0.05, 0) is 67.9 Å². The molecule has 22 heavy (non-hydrogen) atoms. The molecule has 4 nitrogen and oxygen atoms in total. The zero-order valence-electron chi connectivity index (χ0n) is 12.8. The lowest BCUT2D eigenvalue weighted by atomic mass is 9.84. The molecule has 1 amide bonds. The van der Waals surface area contributed by atoms with Gasteiger partial charge >= 0.3 is 0 Å². The smallest absolute Gasteiger partial charge is 0.261 e. The van der Waals surface area contributed by atoms with Crippen molar-refractivity contribution in [3.63, 3.8) is 0 Å². The van der Waals surface area contributed by atoms with E-state index in [0.29, 0.717) is 12.0 Å². The van der Waals surface area contributed by atoms with Crippen LogP contribution in [0.4, 0.5) is 5.69 Å². The monoisotopic (exact) mass is 315 g/mol. The summed E-state index contributed by atoms with van der Waals surface area (Å²) >= 11 is 1.57. The third-order valence-electron chi connectivity index (χ3n) is 5.14. The van der Waals surface area contributed by atoms with Gasteiger partial charge in [0.1, 0.15) is 0 Å². The molecule has 1 aromatic carbocycles. The van der Waals surface area contributed by atoms with Gasteiger partial charge < -0.3 is 16.0 Å². The van der Waals surface area contributed by atoms with Gasteiger partial charge in [-0.1, -0.05) is 0 Å². The summed E-state index contributed by atoms with van der Waals surface area (Å²) in [6.45, 7) is 5.41. The number of nitrogens with zero attached hydrogens (tertiary/aromatic N) is 1. The molecule has 2 bridgehead atoms. The van der Waals surface area contributed by atoms with E-state index in [1.807, 2.05) is 25.1 Å². The number of aryl methyl sites for hydroxylation is 1. The predicted octanol–water partition coefficient (Wildman–Crippen LogP) is 2.62. The summed E-state index contributed by atoms with van der Waals surface area (Å²) in [5.74, 6) is 0.732. The van der Waals surface area contributed by atoms with Crippen molar-refractivity contribution in [2.45, 2.75) is 25.8 Å². The summed E-state index contributed by atoms with van der Waals surface area (Å²) in [6.07, 6.45) is 2.43. The van der Waals surface area contributed by atoms with E-state index in [2.05, 4.69) is 10.2 Å². The van der Waals surface area contributed by atoms with Gasteiger partial charge in [-0.25, -0.2) is 0 Å². The number of amides is 1. The van der Waals surface area contributed by atoms with Gasteiger partial charge in [0.25, 0.3) is 5.91 Å². The van der Waals surface area contributed by atoms with Crippen LogP contribution in [-0.4, -0.2) is 36.5 Å². The number of rotatable bonds is 2. The van der Waals surface area contributed by atoms with Crippen LogP contribution >= 0.6 is 11.3 Å². The molecule has 2 aromatic rings. The fourth-order valence-corrected chi connectivity index (χ4v) is 4.91. The van der Waals surface area contributed by atoms with Crippen LogP contribution in [0.2, 0.25) is 0 Å². The van der Waals surface area contributed by atoms with Crippen LogP contribution in [0.25, 0.3) is 10.1 Å². The molecule has 1 atom stereocenters. The number of carbonyl (C=O) groups excluding carboxylic acids is 1. The number of hydrogen-bond donors (Lipinski definition) is 2. The van der Waals surface area contributed by atoms with Crippen molar-refractivity contribution in [1.82, 2.24) is 10.2 Å². The largest absolute Gasteiger partial charge is 0.399 e. The van der Waals surface area contributed by atoms with Crippen LogP contribution in [0, 0.1) is 12.8 Å². The van der Waals surface area contributed by atoms with Gasteiger partial charge in [-0.15, -0.1) is 11.3 Å². The lowest BCUT2D eigenvalue weighted by Crippen LogP contribution is -2.57. The van der Waals surface area contributed by atoms with Gasteiger partial charge in [0.15, 0.2) is 0 Å². The van der Waals surface area contributed by atoms with E-state index < -0.39 is 0 Å². The number of piperidine rings is 3. The molecule has 0 aliphatic carbocycles. The molecule has 3 aliphatic heterocycles. The fourth-order valence-electron chi connectivity index (χ4n) is 3.82. The van der Waals surface area contributed by atoms with Gasteiger partial charge in [0.05, 0.1) is 4.88 Å². The molecule has 0 spiro atoms. The standard InChI is InChI=1S/C17H21N3OS/c1-10-13-8-12(18)2-3-15(13)22-16(10)17(21)19-14-9-20-6-4-11(14)5-7-20/h2-3,8,11,14H,4-7,9,18H2,1H3,(H,19,21)/t14-/m0/s1. The first-order chi connectivity index (χ1) is 10.6. The van der Waals surface area contributed by atoms with Gasteiger partial charge in [-0.3, -0.25) is 4.79 Å². The number of anilines is 1. The van der Waals surface area contributed by atoms with Crippen molar-refractivity contribution in [3.8, 4) is 0 Å². The summed E-state index contributed by atoms with van der Waals surface area (Å²) in [5, 5.41) is 4.38. The van der Waals surface area contributed by atoms with Crippen LogP contribution in [-0.2, 0) is 0 Å². The Labute approximate surface area is 134 Å². The molecule has 5 heteroatoms. The number of thiophene rings is 1. The summed E-state index contributed by atoms with van der Waals surface area (Å²) < 4.78 is 1.13. The zero-order chi connectivity index (χ0) is 15.3. The molecule has 116 valence electrons. The highest BCUT2D eigenvalue weighted by Gasteiger charge is 2.35. The topological polar surface area (TPSA) is 58.4 Å². The number of nitrogens with one attached hydrogen (secondary N) is 1. The van der Waals surface area contributed by atoms with Crippen molar-refractivity contribution in [2.75, 3.05) is 25.4 Å². The maximum Gasteiger partial charge on any atom is 0.261 e. The highest BCUT2D eigenvalue weighted by atomic mass is 32.1. The SMILES string of the molecule is Cc1c(C(=O)N[C@H]2CN3CCC2CC3)sc2ccc(N)cc12. The molecular weight excluding hydrogens is 294 g/mol. The summed E-state index contributed by atoms with van der Waals surface area (Å²) in [4.78, 5) is 16.0. The number of carbonyl (C=O) groups is 1. The zero-order valence-corrected chi connectivity index (χ0v) is 13.6. The second kappa shape index (κ2) is 5.25. The van der Waals surface area contributed by atoms with Crippen LogP contribution in [0.1, 0.15) is 28.1 Å². The molecule has 0 saturated carbocycles. The quantitative estimate of drug-likeness (QED) is 0.838. The summed E-state index contributed by atoms with van der Waals surface area (Å²) in [7, 11) is 0. The first kappa shape index (κ1) is 14.0. The van der Waals surface area contributed by atoms with E-state index in [0.717, 1.165) is 32.8 Å². The lowest BCUT2D eigenvalue weighted by Gasteiger charge is -2.44. The summed E-state index contributed by atoms with van der Waals surface area (Å²) in [6, 6.07) is 6.18. The molecule has 4 heterocycles. The first-order valence-electron chi connectivity index (χ1n) is 7.93. The normalized spacial score (nSPS) is 27.2. The van der Waals surface area contributed by atoms with Crippen LogP contribution in [0.5, 0.6) is 0 Å². The maximum absolute atomic E-state index is 12.7. The number of fused-ring (bicyclic) bond motifs is 4. The van der Waals surface area contributed by atoms with E-state index in [-0.39, 0.29) is 5.91 Å². The maximum atomic E-state index is 12.7. The van der Waals surface area contributed by atoms with Crippen molar-refractivity contribution >= 4 is 33.0 Å². The highest BCUT2D eigenvalue weighted by Crippen LogP contribution is 2.33. The molecule has 0 radical (unpaired) electrons. The molecule has 3 N–H and O–H groups in total. The molecule has 0 unspecified atom stereocenters. The Kier molecular flexibility index (Phi) is 3.35. The van der Waals surface area contributed by atoms with E-state index in [4.69, 9.17) is 5.73 Å². The van der Waals surface area contributed by atoms with E-state index in [1.165, 1.54) is 25.9 Å². The van der Waals surface area contributed by atoms with Gasteiger partial charge in [0.2, 0.25) is 0 Å². The van der Waals surface area contributed by atoms with E-state index in [1.54, 1.807) is 11.3 Å². The second-order valence-electron chi connectivity index (χ2n) is 6.53. The molecule has 3 fully saturated rings. The van der Waals surface area contributed by atoms with Crippen molar-refractivity contribution in [2.24, 2.45) is 5.92 Å². The minimum absolute atomic E-state index is 0.0796. The minimum Gasteiger partial charge on any atom is -0.399 e. The Hall–Kier alpha value is -1.59. The Morgan fingerprint density at radius 1 is 1.36 bits per heavy atom. The third kappa shape index (κ3) is 2.29. The van der Waals surface area contributed by atoms with Crippen molar-refractivity contribution < 1.29 is 4.79 Å². The molecule has 3 aliphatic rings. The van der Waals surface area contributed by atoms with Crippen LogP contribution in [0.15, 0.2) is 18.2 Å². The van der Waals surface area contributed by atoms with Crippen molar-refractivity contribution in [1.29, 1.82) is 0 Å². The van der Waals surface area contributed by atoms with Crippen LogP contribution in [0.3, 0.4) is 0 Å². The van der Waals surface area contributed by atoms with Gasteiger partial charge in [0, 0.05) is 23.0 Å². The minimum atomic E-state index is 0.0796. The second-order valence-corrected chi connectivity index (χ2v) is 7.58. The van der Waals surface area contributed by atoms with E-state index in [9.17, 15) is 4.79 Å². The van der Waals surface area contributed by atoms with Gasteiger partial charge in [-0.2, -0.15) is 0 Å². The number of benzene rings is 1. The number of hydrogen-bond acceptors (Lipinski definition) is 4. The first-order valence-corrected chi connectivity index (χ1v) is 8.75. The number of nitrogens with two attached hydrogens (primary N) is 1. The molecule has 3 saturated heterocycles. The average molecular weight is 315 g/mol. The van der Waals surface area contributed by atoms with E-state index >= 15 is 0 Å². The van der Waals surface area contributed by atoms with Crippen molar-refractivity contribution in [3.05, 3.63) is 28.6 Å². The Balaban J connectivity index is 1.59. The Morgan fingerprint density at radius 2 is 2.14 bits per heavy atom. The highest BCUT2D eigenvalue weighted by molar-refractivity contribution is 7.21. The fraction of sp³-hybridized carbons (Fsp3) is 0.471. The molecular formula is C17H21N3OS. The van der Waals surface area contributed by atoms with Crippen LogP contribution < -0.4 is 11.1 Å². The lowest BCUT2D eigenvalue weighted by molar-refractivity contribution is 0.0622.